The van der Waals surface area contributed by atoms with Crippen molar-refractivity contribution in [2.24, 2.45) is 17.3 Å². The number of hydrogen-bond acceptors (Lipinski definition) is 11. The third kappa shape index (κ3) is 9.97. The average Bonchev–Trinajstić information content (AvgIpc) is 3.93. The van der Waals surface area contributed by atoms with Gasteiger partial charge in [-0.2, -0.15) is 4.98 Å². The number of allylic oxidation sites excluding steroid dienone is 2. The number of ether oxygens (including phenoxy) is 2. The number of sulfonamides is 1. The number of thiazole rings is 1. The molecule has 13 nitrogen and oxygen atoms in total. The second-order valence-corrected chi connectivity index (χ2v) is 23.2. The van der Waals surface area contributed by atoms with Gasteiger partial charge in [0, 0.05) is 42.2 Å². The van der Waals surface area contributed by atoms with Crippen molar-refractivity contribution in [3.63, 3.8) is 0 Å². The number of carbonyl (C=O) groups excluding carboxylic acids is 4. The van der Waals surface area contributed by atoms with Gasteiger partial charge in [0.1, 0.15) is 22.2 Å². The van der Waals surface area contributed by atoms with E-state index in [0.29, 0.717) is 66.7 Å². The Labute approximate surface area is 388 Å². The Kier molecular flexibility index (Phi) is 13.1. The third-order valence-electron chi connectivity index (χ3n) is 13.4. The SMILES string of the molecule is CC(C)n1c(O[C@@H]2C[C@H]3C(=O)C[C@]4(C(=O)NS(=O)(=O)C5(C)CC5)C[C@H]4/C=C\CCCCC[C@H](CC(=O)OC(C)(C)C)C(=O)N3C2)nc2c(-c3nc(Cc4ccc(F)c(F)c4)cs3)cccc21. The molecule has 17 heteroatoms. The standard InChI is InChI=1S/C49H59F2N5O8S2/c1-29(2)56-38-16-12-15-35(43-52-33(28-65-43)21-30-17-18-36(50)37(51)22-30)42(38)53-46(56)63-34-24-39-40(57)26-49(45(60)54-66(61,62)48(6)19-20-48)25-32(49)14-11-9-7-8-10-13-31(44(59)55(39)27-34)23-41(58)64-47(3,4)5/h11-12,14-18,22,28-29,31-32,34,39H,7-10,13,19-21,23-27H2,1-6H3,(H,54,60)/b14-11-/t31-,32-,34-,39+,49-/m1/s1. The zero-order chi connectivity index (χ0) is 47.3. The minimum Gasteiger partial charge on any atom is -0.460 e. The lowest BCUT2D eigenvalue weighted by atomic mass is 9.90. The summed E-state index contributed by atoms with van der Waals surface area (Å²) >= 11 is 1.40. The largest absolute Gasteiger partial charge is 0.460 e. The molecule has 0 spiro atoms. The van der Waals surface area contributed by atoms with Gasteiger partial charge >= 0.3 is 5.97 Å². The number of ketones is 1. The average molecular weight is 948 g/mol. The number of carbonyl (C=O) groups is 4. The van der Waals surface area contributed by atoms with E-state index in [-0.39, 0.29) is 55.5 Å². The fraction of sp³-hybridized carbons (Fsp3) is 0.551. The zero-order valence-electron chi connectivity index (χ0n) is 38.4. The number of nitrogens with zero attached hydrogens (tertiary/aromatic N) is 4. The summed E-state index contributed by atoms with van der Waals surface area (Å²) in [6.45, 7) is 10.9. The predicted octanol–water partition coefficient (Wildman–Crippen LogP) is 8.79. The van der Waals surface area contributed by atoms with Crippen LogP contribution in [0.2, 0.25) is 0 Å². The number of para-hydroxylation sites is 1. The minimum atomic E-state index is -3.99. The third-order valence-corrected chi connectivity index (χ3v) is 16.5. The monoisotopic (exact) mass is 947 g/mol. The first-order chi connectivity index (χ1) is 31.2. The van der Waals surface area contributed by atoms with Gasteiger partial charge in [-0.1, -0.05) is 37.1 Å². The number of imidazole rings is 1. The number of aromatic nitrogens is 3. The number of esters is 1. The van der Waals surface area contributed by atoms with E-state index in [1.54, 1.807) is 27.7 Å². The van der Waals surface area contributed by atoms with E-state index < -0.39 is 67.4 Å². The lowest BCUT2D eigenvalue weighted by Gasteiger charge is -2.29. The molecule has 5 atom stereocenters. The molecule has 354 valence electrons. The van der Waals surface area contributed by atoms with Crippen LogP contribution in [0, 0.1) is 28.9 Å². The highest BCUT2D eigenvalue weighted by atomic mass is 32.2. The van der Waals surface area contributed by atoms with Gasteiger partial charge in [0.2, 0.25) is 21.8 Å². The molecule has 2 saturated carbocycles. The number of Topliss-reactive ketones (excluding diaryl/α,β-unsaturated/α-hetero) is 1. The molecule has 8 rings (SSSR count). The predicted molar refractivity (Wildman–Crippen MR) is 246 cm³/mol. The van der Waals surface area contributed by atoms with E-state index >= 15 is 0 Å². The lowest BCUT2D eigenvalue weighted by molar-refractivity contribution is -0.159. The van der Waals surface area contributed by atoms with Gasteiger partial charge in [-0.15, -0.1) is 11.3 Å². The molecule has 4 aliphatic rings. The van der Waals surface area contributed by atoms with Crippen molar-refractivity contribution in [2.45, 2.75) is 147 Å². The first-order valence-electron chi connectivity index (χ1n) is 23.0. The van der Waals surface area contributed by atoms with Crippen LogP contribution in [0.5, 0.6) is 6.01 Å². The fourth-order valence-corrected chi connectivity index (χ4v) is 11.6. The van der Waals surface area contributed by atoms with Crippen LogP contribution in [0.4, 0.5) is 8.78 Å². The van der Waals surface area contributed by atoms with Crippen LogP contribution in [0.15, 0.2) is 53.9 Å². The van der Waals surface area contributed by atoms with Gasteiger partial charge < -0.3 is 14.4 Å². The first-order valence-corrected chi connectivity index (χ1v) is 25.4. The Bertz CT molecular complexity index is 2690. The van der Waals surface area contributed by atoms with Crippen LogP contribution < -0.4 is 9.46 Å². The molecular weight excluding hydrogens is 889 g/mol. The molecule has 2 aliphatic carbocycles. The molecule has 2 amide bonds. The summed E-state index contributed by atoms with van der Waals surface area (Å²) in [7, 11) is -3.99. The normalized spacial score (nSPS) is 25.1. The number of fused-ring (bicyclic) bond motifs is 3. The van der Waals surface area contributed by atoms with Gasteiger partial charge in [0.25, 0.3) is 6.01 Å². The number of nitrogens with one attached hydrogen (secondary N) is 1. The van der Waals surface area contributed by atoms with Crippen LogP contribution in [0.25, 0.3) is 21.6 Å². The van der Waals surface area contributed by atoms with Crippen LogP contribution >= 0.6 is 11.3 Å². The lowest BCUT2D eigenvalue weighted by Crippen LogP contribution is -2.47. The number of hydrogen-bond donors (Lipinski definition) is 1. The Hall–Kier alpha value is -5.03. The maximum atomic E-state index is 14.9. The summed E-state index contributed by atoms with van der Waals surface area (Å²) in [5.74, 6) is -4.96. The topological polar surface area (TPSA) is 167 Å². The minimum absolute atomic E-state index is 0.00327. The Morgan fingerprint density at radius 2 is 1.82 bits per heavy atom. The second kappa shape index (κ2) is 18.2. The van der Waals surface area contributed by atoms with Crippen molar-refractivity contribution < 1.29 is 45.9 Å². The van der Waals surface area contributed by atoms with Gasteiger partial charge in [-0.3, -0.25) is 28.5 Å². The molecule has 4 aromatic rings. The summed E-state index contributed by atoms with van der Waals surface area (Å²) in [6.07, 6.45) is 7.67. The second-order valence-electron chi connectivity index (χ2n) is 20.1. The summed E-state index contributed by atoms with van der Waals surface area (Å²) in [5.41, 5.74) is 1.30. The number of amides is 2. The highest BCUT2D eigenvalue weighted by molar-refractivity contribution is 7.91. The number of benzene rings is 2. The molecule has 1 saturated heterocycles. The Balaban J connectivity index is 1.10. The molecule has 3 fully saturated rings. The number of rotatable bonds is 11. The molecule has 2 aromatic carbocycles. The van der Waals surface area contributed by atoms with Gasteiger partial charge in [-0.25, -0.2) is 22.2 Å². The Morgan fingerprint density at radius 1 is 1.05 bits per heavy atom. The molecule has 1 N–H and O–H groups in total. The highest BCUT2D eigenvalue weighted by Crippen LogP contribution is 2.58. The van der Waals surface area contributed by atoms with E-state index in [4.69, 9.17) is 19.4 Å². The van der Waals surface area contributed by atoms with E-state index in [0.717, 1.165) is 36.1 Å². The van der Waals surface area contributed by atoms with E-state index in [1.807, 2.05) is 54.1 Å². The maximum absolute atomic E-state index is 14.9. The van der Waals surface area contributed by atoms with E-state index in [2.05, 4.69) is 4.72 Å². The van der Waals surface area contributed by atoms with Crippen molar-refractivity contribution in [1.82, 2.24) is 24.2 Å². The summed E-state index contributed by atoms with van der Waals surface area (Å²) in [4.78, 5) is 68.4. The first kappa shape index (κ1) is 47.5. The fourth-order valence-electron chi connectivity index (χ4n) is 9.37. The van der Waals surface area contributed by atoms with Crippen molar-refractivity contribution in [1.29, 1.82) is 0 Å². The van der Waals surface area contributed by atoms with Crippen LogP contribution in [-0.2, 0) is 40.4 Å². The van der Waals surface area contributed by atoms with E-state index in [1.165, 1.54) is 22.3 Å². The van der Waals surface area contributed by atoms with Crippen molar-refractivity contribution in [3.05, 3.63) is 76.8 Å². The zero-order valence-corrected chi connectivity index (χ0v) is 40.0. The Morgan fingerprint density at radius 3 is 2.53 bits per heavy atom. The van der Waals surface area contributed by atoms with Crippen LogP contribution in [0.3, 0.4) is 0 Å². The smallest absolute Gasteiger partial charge is 0.307 e. The van der Waals surface area contributed by atoms with Gasteiger partial charge in [0.15, 0.2) is 17.4 Å². The van der Waals surface area contributed by atoms with Crippen molar-refractivity contribution in [3.8, 4) is 16.6 Å². The summed E-state index contributed by atoms with van der Waals surface area (Å²) in [5, 5.41) is 2.54. The molecule has 2 aromatic heterocycles. The quantitative estimate of drug-likeness (QED) is 0.113. The highest BCUT2D eigenvalue weighted by Gasteiger charge is 2.62. The summed E-state index contributed by atoms with van der Waals surface area (Å²) < 4.78 is 69.9. The summed E-state index contributed by atoms with van der Waals surface area (Å²) in [6, 6.07) is 8.62. The van der Waals surface area contributed by atoms with Crippen molar-refractivity contribution >= 4 is 56.0 Å². The molecule has 4 heterocycles. The van der Waals surface area contributed by atoms with E-state index in [9.17, 15) is 36.4 Å². The van der Waals surface area contributed by atoms with Crippen LogP contribution in [0.1, 0.15) is 129 Å². The van der Waals surface area contributed by atoms with Crippen LogP contribution in [-0.4, -0.2) is 80.5 Å². The van der Waals surface area contributed by atoms with Crippen molar-refractivity contribution in [2.75, 3.05) is 6.54 Å². The molecule has 0 unspecified atom stereocenters. The number of halogens is 2. The maximum Gasteiger partial charge on any atom is 0.307 e. The molecule has 2 aliphatic heterocycles. The van der Waals surface area contributed by atoms with Gasteiger partial charge in [0.05, 0.1) is 40.4 Å². The molecule has 66 heavy (non-hydrogen) atoms. The van der Waals surface area contributed by atoms with Gasteiger partial charge in [-0.05, 0) is 116 Å². The molecular formula is C49H59F2N5O8S2. The molecule has 0 radical (unpaired) electrons. The molecule has 0 bridgehead atoms.